The fraction of sp³-hybridized carbons (Fsp3) is 0.815. The lowest BCUT2D eigenvalue weighted by Crippen LogP contribution is -2.61. The number of nitriles is 1. The Balaban J connectivity index is 1.50. The smallest absolute Gasteiger partial charge is 0.411 e. The molecular formula is C27H40N4O5. The fourth-order valence-corrected chi connectivity index (χ4v) is 6.06. The van der Waals surface area contributed by atoms with E-state index in [1.54, 1.807) is 9.80 Å². The summed E-state index contributed by atoms with van der Waals surface area (Å²) in [6.07, 6.45) is 7.26. The Kier molecular flexibility index (Phi) is 7.63. The zero-order valence-electron chi connectivity index (χ0n) is 21.9. The first-order chi connectivity index (χ1) is 17.0. The highest BCUT2D eigenvalue weighted by atomic mass is 16.6. The molecule has 2 aliphatic carbocycles. The van der Waals surface area contributed by atoms with Crippen LogP contribution in [0.15, 0.2) is 0 Å². The van der Waals surface area contributed by atoms with Crippen LogP contribution in [0.4, 0.5) is 4.79 Å². The molecule has 0 aromatic carbocycles. The summed E-state index contributed by atoms with van der Waals surface area (Å²) in [5.74, 6) is -0.152. The molecule has 9 nitrogen and oxygen atoms in total. The molecule has 1 spiro atoms. The van der Waals surface area contributed by atoms with Gasteiger partial charge in [-0.05, 0) is 78.1 Å². The van der Waals surface area contributed by atoms with Gasteiger partial charge in [0.15, 0.2) is 0 Å². The van der Waals surface area contributed by atoms with Crippen LogP contribution in [0.25, 0.3) is 0 Å². The first kappa shape index (κ1) is 26.4. The predicted octanol–water partition coefficient (Wildman–Crippen LogP) is 3.31. The highest BCUT2D eigenvalue weighted by molar-refractivity contribution is 5.96. The van der Waals surface area contributed by atoms with E-state index in [0.29, 0.717) is 51.1 Å². The molecule has 4 fully saturated rings. The number of ether oxygens (including phenoxy) is 1. The summed E-state index contributed by atoms with van der Waals surface area (Å²) in [6.45, 7) is 6.28. The van der Waals surface area contributed by atoms with E-state index in [4.69, 9.17) is 4.74 Å². The SMILES string of the molecule is CC(C)(C)OC(=O)N1CCCCC12CCN(C(CC1CC1)C(=O)NC(C#N)CC1CCCC1=O)C2=O. The molecule has 198 valence electrons. The summed E-state index contributed by atoms with van der Waals surface area (Å²) in [4.78, 5) is 55.9. The van der Waals surface area contributed by atoms with E-state index < -0.39 is 29.3 Å². The number of hydrogen-bond donors (Lipinski definition) is 1. The minimum Gasteiger partial charge on any atom is -0.444 e. The van der Waals surface area contributed by atoms with Gasteiger partial charge in [-0.15, -0.1) is 0 Å². The number of nitrogens with zero attached hydrogens (tertiary/aromatic N) is 3. The average Bonchev–Trinajstić information content (AvgIpc) is 3.48. The van der Waals surface area contributed by atoms with Gasteiger partial charge < -0.3 is 15.0 Å². The molecule has 4 aliphatic rings. The van der Waals surface area contributed by atoms with E-state index in [1.165, 1.54) is 0 Å². The third-order valence-corrected chi connectivity index (χ3v) is 8.13. The van der Waals surface area contributed by atoms with E-state index in [0.717, 1.165) is 38.5 Å². The first-order valence-electron chi connectivity index (χ1n) is 13.6. The number of piperidine rings is 1. The van der Waals surface area contributed by atoms with E-state index in [2.05, 4.69) is 11.4 Å². The van der Waals surface area contributed by atoms with Crippen molar-refractivity contribution in [2.45, 2.75) is 115 Å². The van der Waals surface area contributed by atoms with Crippen LogP contribution in [0.2, 0.25) is 0 Å². The number of rotatable bonds is 7. The van der Waals surface area contributed by atoms with Crippen molar-refractivity contribution in [3.8, 4) is 6.07 Å². The van der Waals surface area contributed by atoms with Crippen molar-refractivity contribution in [1.29, 1.82) is 5.26 Å². The molecule has 2 aliphatic heterocycles. The summed E-state index contributed by atoms with van der Waals surface area (Å²) in [6, 6.07) is 0.712. The second-order valence-electron chi connectivity index (χ2n) is 12.0. The monoisotopic (exact) mass is 500 g/mol. The maximum Gasteiger partial charge on any atom is 0.411 e. The lowest BCUT2D eigenvalue weighted by atomic mass is 9.85. The van der Waals surface area contributed by atoms with Crippen LogP contribution in [-0.4, -0.2) is 69.8 Å². The molecule has 4 atom stereocenters. The zero-order chi connectivity index (χ0) is 26.1. The van der Waals surface area contributed by atoms with Crippen molar-refractivity contribution >= 4 is 23.7 Å². The maximum absolute atomic E-state index is 14.0. The maximum atomic E-state index is 14.0. The third kappa shape index (κ3) is 5.68. The fourth-order valence-electron chi connectivity index (χ4n) is 6.06. The van der Waals surface area contributed by atoms with Crippen molar-refractivity contribution in [3.05, 3.63) is 0 Å². The Morgan fingerprint density at radius 2 is 1.86 bits per heavy atom. The van der Waals surface area contributed by atoms with Crippen LogP contribution in [0.5, 0.6) is 0 Å². The Bertz CT molecular complexity index is 933. The topological polar surface area (TPSA) is 120 Å². The van der Waals surface area contributed by atoms with Crippen LogP contribution in [0.1, 0.15) is 91.4 Å². The molecule has 0 radical (unpaired) electrons. The zero-order valence-corrected chi connectivity index (χ0v) is 21.9. The second kappa shape index (κ2) is 10.4. The molecule has 9 heteroatoms. The summed E-state index contributed by atoms with van der Waals surface area (Å²) in [5, 5.41) is 12.5. The average molecular weight is 501 g/mol. The summed E-state index contributed by atoms with van der Waals surface area (Å²) >= 11 is 0. The number of likely N-dealkylation sites (tertiary alicyclic amines) is 2. The molecule has 1 N–H and O–H groups in total. The molecule has 0 aromatic rings. The van der Waals surface area contributed by atoms with Gasteiger partial charge in [0, 0.05) is 25.4 Å². The van der Waals surface area contributed by atoms with Crippen LogP contribution in [0.3, 0.4) is 0 Å². The standard InChI is InChI=1S/C27H40N4O5/c1-26(2,3)36-25(35)31-13-5-4-11-27(31)12-14-30(24(27)34)21(15-18-9-10-18)23(33)29-20(17-28)16-19-7-6-8-22(19)32/h18-21H,4-16H2,1-3H3,(H,29,33). The van der Waals surface area contributed by atoms with Gasteiger partial charge in [-0.2, -0.15) is 5.26 Å². The van der Waals surface area contributed by atoms with Gasteiger partial charge in [0.2, 0.25) is 11.8 Å². The number of carbonyl (C=O) groups is 4. The number of carbonyl (C=O) groups excluding carboxylic acids is 4. The van der Waals surface area contributed by atoms with Gasteiger partial charge >= 0.3 is 6.09 Å². The van der Waals surface area contributed by atoms with Crippen molar-refractivity contribution in [2.75, 3.05) is 13.1 Å². The van der Waals surface area contributed by atoms with Crippen molar-refractivity contribution < 1.29 is 23.9 Å². The van der Waals surface area contributed by atoms with E-state index >= 15 is 0 Å². The molecule has 4 unspecified atom stereocenters. The van der Waals surface area contributed by atoms with Crippen molar-refractivity contribution in [1.82, 2.24) is 15.1 Å². The molecular weight excluding hydrogens is 460 g/mol. The molecule has 36 heavy (non-hydrogen) atoms. The molecule has 4 rings (SSSR count). The highest BCUT2D eigenvalue weighted by Gasteiger charge is 2.56. The lowest BCUT2D eigenvalue weighted by Gasteiger charge is -2.43. The number of ketones is 1. The van der Waals surface area contributed by atoms with Crippen LogP contribution < -0.4 is 5.32 Å². The molecule has 2 heterocycles. The molecule has 3 amide bonds. The van der Waals surface area contributed by atoms with Gasteiger partial charge in [0.05, 0.1) is 6.07 Å². The minimum atomic E-state index is -0.979. The summed E-state index contributed by atoms with van der Waals surface area (Å²) < 4.78 is 5.64. The van der Waals surface area contributed by atoms with Gasteiger partial charge in [-0.1, -0.05) is 12.8 Å². The quantitative estimate of drug-likeness (QED) is 0.573. The second-order valence-corrected chi connectivity index (χ2v) is 12.0. The van der Waals surface area contributed by atoms with Gasteiger partial charge in [-0.3, -0.25) is 19.3 Å². The molecule has 2 saturated carbocycles. The molecule has 0 bridgehead atoms. The third-order valence-electron chi connectivity index (χ3n) is 8.13. The van der Waals surface area contributed by atoms with Crippen LogP contribution >= 0.6 is 0 Å². The minimum absolute atomic E-state index is 0.162. The van der Waals surface area contributed by atoms with E-state index in [1.807, 2.05) is 20.8 Å². The first-order valence-corrected chi connectivity index (χ1v) is 13.6. The van der Waals surface area contributed by atoms with Gasteiger partial charge in [0.25, 0.3) is 0 Å². The largest absolute Gasteiger partial charge is 0.444 e. The number of nitrogens with one attached hydrogen (secondary N) is 1. The number of amides is 3. The lowest BCUT2D eigenvalue weighted by molar-refractivity contribution is -0.146. The summed E-state index contributed by atoms with van der Waals surface area (Å²) in [5.41, 5.74) is -1.65. The van der Waals surface area contributed by atoms with E-state index in [9.17, 15) is 24.4 Å². The Morgan fingerprint density at radius 3 is 2.47 bits per heavy atom. The number of Topliss-reactive ketones (excluding diaryl/α,β-unsaturated/α-hetero) is 1. The summed E-state index contributed by atoms with van der Waals surface area (Å²) in [7, 11) is 0. The Morgan fingerprint density at radius 1 is 1.11 bits per heavy atom. The molecule has 2 saturated heterocycles. The normalized spacial score (nSPS) is 28.2. The van der Waals surface area contributed by atoms with Crippen molar-refractivity contribution in [3.63, 3.8) is 0 Å². The Labute approximate surface area is 213 Å². The van der Waals surface area contributed by atoms with Crippen molar-refractivity contribution in [2.24, 2.45) is 11.8 Å². The van der Waals surface area contributed by atoms with Gasteiger partial charge in [-0.25, -0.2) is 4.79 Å². The van der Waals surface area contributed by atoms with Crippen LogP contribution in [-0.2, 0) is 19.1 Å². The molecule has 0 aromatic heterocycles. The predicted molar refractivity (Wildman–Crippen MR) is 131 cm³/mol. The van der Waals surface area contributed by atoms with E-state index in [-0.39, 0.29) is 23.5 Å². The van der Waals surface area contributed by atoms with Crippen LogP contribution in [0, 0.1) is 23.2 Å². The highest BCUT2D eigenvalue weighted by Crippen LogP contribution is 2.42. The Hall–Kier alpha value is -2.63. The number of hydrogen-bond acceptors (Lipinski definition) is 6. The van der Waals surface area contributed by atoms with Gasteiger partial charge in [0.1, 0.15) is 29.0 Å².